The van der Waals surface area contributed by atoms with Crippen molar-refractivity contribution in [2.45, 2.75) is 155 Å². The monoisotopic (exact) mass is 650 g/mol. The summed E-state index contributed by atoms with van der Waals surface area (Å²) in [4.78, 5) is 36.3. The molecule has 0 spiro atoms. The van der Waals surface area contributed by atoms with Crippen molar-refractivity contribution in [1.82, 2.24) is 0 Å². The molecule has 1 unspecified atom stereocenters. The summed E-state index contributed by atoms with van der Waals surface area (Å²) in [5.74, 6) is -2.26. The molecule has 0 fully saturated rings. The van der Waals surface area contributed by atoms with E-state index in [9.17, 15) is 19.5 Å². The van der Waals surface area contributed by atoms with Crippen LogP contribution in [0, 0.1) is 5.92 Å². The lowest BCUT2D eigenvalue weighted by Gasteiger charge is -2.19. The summed E-state index contributed by atoms with van der Waals surface area (Å²) in [6.07, 6.45) is 16.9. The fraction of sp³-hybridized carbons (Fsp3) is 0.757. The first kappa shape index (κ1) is 41.5. The number of carbonyl (C=O) groups excluding carboxylic acids is 2. The van der Waals surface area contributed by atoms with Crippen LogP contribution in [0.2, 0.25) is 0 Å². The fourth-order valence-electron chi connectivity index (χ4n) is 5.27. The maximum atomic E-state index is 13.0. The van der Waals surface area contributed by atoms with Crippen LogP contribution in [0.3, 0.4) is 0 Å². The van der Waals surface area contributed by atoms with E-state index < -0.39 is 36.9 Å². The topological polar surface area (TPSA) is 129 Å². The number of aliphatic carboxylic acids is 1. The molecule has 1 aromatic rings. The van der Waals surface area contributed by atoms with Gasteiger partial charge in [-0.05, 0) is 43.2 Å². The first-order chi connectivity index (χ1) is 22.4. The molecule has 0 aliphatic heterocycles. The van der Waals surface area contributed by atoms with Crippen LogP contribution in [-0.4, -0.2) is 54.4 Å². The Bertz CT molecular complexity index is 902. The number of rotatable bonds is 31. The molecule has 0 amide bonds. The maximum Gasteiger partial charge on any atom is 0.312 e. The van der Waals surface area contributed by atoms with Crippen LogP contribution in [0.4, 0.5) is 0 Å². The van der Waals surface area contributed by atoms with Crippen LogP contribution >= 0.6 is 0 Å². The molecule has 0 saturated carbocycles. The molecule has 9 heteroatoms. The van der Waals surface area contributed by atoms with Crippen molar-refractivity contribution in [3.8, 4) is 0 Å². The molecule has 1 aromatic carbocycles. The molecule has 0 saturated heterocycles. The van der Waals surface area contributed by atoms with Gasteiger partial charge in [-0.2, -0.15) is 0 Å². The predicted octanol–water partition coefficient (Wildman–Crippen LogP) is 8.28. The van der Waals surface area contributed by atoms with Crippen molar-refractivity contribution < 1.29 is 43.5 Å². The van der Waals surface area contributed by atoms with Crippen molar-refractivity contribution in [1.29, 1.82) is 0 Å². The number of ether oxygens (including phenoxy) is 4. The van der Waals surface area contributed by atoms with Gasteiger partial charge in [0.1, 0.15) is 0 Å². The van der Waals surface area contributed by atoms with E-state index in [1.165, 1.54) is 51.4 Å². The number of benzene rings is 1. The molecule has 1 rings (SSSR count). The van der Waals surface area contributed by atoms with Gasteiger partial charge in [0.15, 0.2) is 6.29 Å². The molecule has 2 N–H and O–H groups in total. The molecule has 1 atom stereocenters. The highest BCUT2D eigenvalue weighted by Gasteiger charge is 2.22. The Kier molecular flexibility index (Phi) is 25.9. The third kappa shape index (κ3) is 22.9. The minimum absolute atomic E-state index is 0.0934. The van der Waals surface area contributed by atoms with Crippen LogP contribution in [0.1, 0.15) is 147 Å². The number of hydrogen-bond donors (Lipinski definition) is 2. The molecular formula is C37H62O9. The standard InChI is InChI=1S/C37H62O9/c1-3-5-7-9-11-16-25-43-36(44-26-17-12-10-8-6-4-2)24-23-35(41)45-30-46-37(42)33(21-14-13-15-22-34(39)40)28-31-19-18-20-32(27-31)29-38/h18-20,27,33,36,38H,3-17,21-26,28-30H2,1-2H3,(H,39,40). The lowest BCUT2D eigenvalue weighted by molar-refractivity contribution is -0.174. The van der Waals surface area contributed by atoms with Crippen molar-refractivity contribution in [3.63, 3.8) is 0 Å². The molecule has 0 aliphatic rings. The van der Waals surface area contributed by atoms with E-state index >= 15 is 0 Å². The Hall–Kier alpha value is -2.49. The van der Waals surface area contributed by atoms with Crippen molar-refractivity contribution in [3.05, 3.63) is 35.4 Å². The first-order valence-electron chi connectivity index (χ1n) is 17.8. The maximum absolute atomic E-state index is 13.0. The van der Waals surface area contributed by atoms with Gasteiger partial charge < -0.3 is 29.2 Å². The highest BCUT2D eigenvalue weighted by Crippen LogP contribution is 2.20. The van der Waals surface area contributed by atoms with Crippen molar-refractivity contribution in [2.24, 2.45) is 5.92 Å². The van der Waals surface area contributed by atoms with Crippen molar-refractivity contribution in [2.75, 3.05) is 20.0 Å². The summed E-state index contributed by atoms with van der Waals surface area (Å²) in [6.45, 7) is 5.04. The zero-order chi connectivity index (χ0) is 33.7. The van der Waals surface area contributed by atoms with Gasteiger partial charge in [-0.15, -0.1) is 0 Å². The number of carboxylic acid groups (broad SMARTS) is 1. The highest BCUT2D eigenvalue weighted by molar-refractivity contribution is 5.73. The molecule has 0 bridgehead atoms. The average Bonchev–Trinajstić information content (AvgIpc) is 3.05. The number of esters is 2. The van der Waals surface area contributed by atoms with E-state index in [0.717, 1.165) is 36.8 Å². The third-order valence-corrected chi connectivity index (χ3v) is 8.04. The number of carboxylic acids is 1. The largest absolute Gasteiger partial charge is 0.481 e. The smallest absolute Gasteiger partial charge is 0.312 e. The van der Waals surface area contributed by atoms with Gasteiger partial charge in [-0.1, -0.05) is 115 Å². The second-order valence-corrected chi connectivity index (χ2v) is 12.2. The predicted molar refractivity (Wildman–Crippen MR) is 179 cm³/mol. The molecule has 9 nitrogen and oxygen atoms in total. The minimum Gasteiger partial charge on any atom is -0.481 e. The van der Waals surface area contributed by atoms with E-state index in [0.29, 0.717) is 51.7 Å². The van der Waals surface area contributed by atoms with E-state index in [2.05, 4.69) is 13.8 Å². The van der Waals surface area contributed by atoms with E-state index in [1.807, 2.05) is 24.3 Å². The molecule has 264 valence electrons. The fourth-order valence-corrected chi connectivity index (χ4v) is 5.27. The first-order valence-corrected chi connectivity index (χ1v) is 17.8. The quantitative estimate of drug-likeness (QED) is 0.0463. The van der Waals surface area contributed by atoms with Gasteiger partial charge in [-0.3, -0.25) is 14.4 Å². The van der Waals surface area contributed by atoms with Crippen LogP contribution in [0.25, 0.3) is 0 Å². The van der Waals surface area contributed by atoms with Crippen LogP contribution in [-0.2, 0) is 46.4 Å². The summed E-state index contributed by atoms with van der Waals surface area (Å²) < 4.78 is 22.6. The highest BCUT2D eigenvalue weighted by atomic mass is 16.7. The number of unbranched alkanes of at least 4 members (excludes halogenated alkanes) is 12. The van der Waals surface area contributed by atoms with Gasteiger partial charge in [0.05, 0.1) is 18.9 Å². The molecular weight excluding hydrogens is 588 g/mol. The normalized spacial score (nSPS) is 11.9. The van der Waals surface area contributed by atoms with Crippen molar-refractivity contribution >= 4 is 17.9 Å². The van der Waals surface area contributed by atoms with Gasteiger partial charge in [0.2, 0.25) is 6.79 Å². The Morgan fingerprint density at radius 3 is 1.89 bits per heavy atom. The summed E-state index contributed by atoms with van der Waals surface area (Å²) in [7, 11) is 0. The second-order valence-electron chi connectivity index (χ2n) is 12.2. The lowest BCUT2D eigenvalue weighted by atomic mass is 9.93. The van der Waals surface area contributed by atoms with Crippen LogP contribution in [0.5, 0.6) is 0 Å². The third-order valence-electron chi connectivity index (χ3n) is 8.04. The molecule has 0 aliphatic carbocycles. The summed E-state index contributed by atoms with van der Waals surface area (Å²) >= 11 is 0. The number of carbonyl (C=O) groups is 3. The number of aliphatic hydroxyl groups is 1. The zero-order valence-corrected chi connectivity index (χ0v) is 28.7. The SMILES string of the molecule is CCCCCCCCOC(CCC(=O)OCOC(=O)C(CCCCCC(=O)O)Cc1cccc(CO)c1)OCCCCCCCC. The van der Waals surface area contributed by atoms with Gasteiger partial charge >= 0.3 is 17.9 Å². The number of aliphatic hydroxyl groups excluding tert-OH is 1. The zero-order valence-electron chi connectivity index (χ0n) is 28.7. The molecule has 0 aromatic heterocycles. The molecule has 0 radical (unpaired) electrons. The summed E-state index contributed by atoms with van der Waals surface area (Å²) in [5.41, 5.74) is 1.65. The molecule has 46 heavy (non-hydrogen) atoms. The Labute approximate surface area is 277 Å². The van der Waals surface area contributed by atoms with E-state index in [4.69, 9.17) is 24.1 Å². The van der Waals surface area contributed by atoms with Gasteiger partial charge in [0.25, 0.3) is 0 Å². The van der Waals surface area contributed by atoms with E-state index in [-0.39, 0.29) is 19.4 Å². The average molecular weight is 651 g/mol. The Morgan fingerprint density at radius 2 is 1.28 bits per heavy atom. The van der Waals surface area contributed by atoms with Crippen LogP contribution in [0.15, 0.2) is 24.3 Å². The second kappa shape index (κ2) is 28.7. The van der Waals surface area contributed by atoms with Crippen LogP contribution < -0.4 is 0 Å². The summed E-state index contributed by atoms with van der Waals surface area (Å²) in [5, 5.41) is 18.4. The molecule has 0 heterocycles. The van der Waals surface area contributed by atoms with Gasteiger partial charge in [-0.25, -0.2) is 0 Å². The summed E-state index contributed by atoms with van der Waals surface area (Å²) in [6, 6.07) is 7.39. The van der Waals surface area contributed by atoms with Gasteiger partial charge in [0, 0.05) is 26.1 Å². The Morgan fingerprint density at radius 1 is 0.696 bits per heavy atom. The Balaban J connectivity index is 2.53. The lowest BCUT2D eigenvalue weighted by Crippen LogP contribution is -2.23. The number of hydrogen-bond acceptors (Lipinski definition) is 8. The minimum atomic E-state index is -0.835. The van der Waals surface area contributed by atoms with E-state index in [1.54, 1.807) is 0 Å².